The number of pyridine rings is 2. The average molecular weight is 795 g/mol. The third-order valence-corrected chi connectivity index (χ3v) is 16.2. The van der Waals surface area contributed by atoms with E-state index in [1.54, 1.807) is 11.1 Å². The molecule has 1 spiro atoms. The van der Waals surface area contributed by atoms with Crippen LogP contribution in [-0.2, 0) is 5.41 Å². The van der Waals surface area contributed by atoms with Crippen LogP contribution in [0, 0.1) is 23.7 Å². The van der Waals surface area contributed by atoms with Gasteiger partial charge in [0, 0.05) is 55.8 Å². The van der Waals surface area contributed by atoms with Crippen molar-refractivity contribution in [2.75, 3.05) is 0 Å². The van der Waals surface area contributed by atoms with Crippen molar-refractivity contribution in [3.05, 3.63) is 181 Å². The van der Waals surface area contributed by atoms with E-state index in [4.69, 9.17) is 9.97 Å². The molecule has 5 aliphatic rings. The van der Waals surface area contributed by atoms with Crippen LogP contribution in [0.3, 0.4) is 0 Å². The van der Waals surface area contributed by atoms with E-state index in [1.807, 2.05) is 24.5 Å². The fourth-order valence-electron chi connectivity index (χ4n) is 14.1. The molecule has 0 saturated heterocycles. The SMILES string of the molecule is c1ccc2c(c1)-c1ccc(-n3c4ccccc4c4cc(-c5ccc6c(c5)c5ccccc5n6-c5cc6cccnc6c6ncccc56)ccc43)cc1C21C2CC3CC(C2)CC1C3. The van der Waals surface area contributed by atoms with Gasteiger partial charge in [-0.05, 0) is 162 Å². The van der Waals surface area contributed by atoms with Gasteiger partial charge in [-0.2, -0.15) is 0 Å². The topological polar surface area (TPSA) is 35.6 Å². The Morgan fingerprint density at radius 2 is 1.00 bits per heavy atom. The fraction of sp³-hybridized carbons (Fsp3) is 0.172. The molecule has 7 aromatic carbocycles. The standard InChI is InChI=1S/C58H42N4/c1-4-14-49-42(10-1)43-20-19-41(33-50(43)58(49)39-26-34-25-35(28-39)29-40(58)27-34)61-51-15-5-2-11-44(51)47-30-36(17-21-53(47)61)37-18-22-54-48(31-37)45-12-3-6-16-52(45)62(54)55-32-38-9-7-23-59-56(38)57-46(55)13-8-24-60-57/h1-24,30-35,39-40H,25-29H2. The van der Waals surface area contributed by atoms with Gasteiger partial charge in [0.25, 0.3) is 0 Å². The van der Waals surface area contributed by atoms with Gasteiger partial charge in [0.2, 0.25) is 0 Å². The molecule has 0 atom stereocenters. The Morgan fingerprint density at radius 3 is 1.74 bits per heavy atom. The third-order valence-electron chi connectivity index (χ3n) is 16.2. The van der Waals surface area contributed by atoms with Gasteiger partial charge in [0.15, 0.2) is 0 Å². The lowest BCUT2D eigenvalue weighted by Crippen LogP contribution is -2.55. The molecule has 0 N–H and O–H groups in total. The highest BCUT2D eigenvalue weighted by Crippen LogP contribution is 2.69. The van der Waals surface area contributed by atoms with Crippen LogP contribution in [0.2, 0.25) is 0 Å². The Bertz CT molecular complexity index is 3710. The second-order valence-corrected chi connectivity index (χ2v) is 19.0. The molecule has 4 fully saturated rings. The molecule has 16 rings (SSSR count). The van der Waals surface area contributed by atoms with Gasteiger partial charge in [-0.25, -0.2) is 0 Å². The van der Waals surface area contributed by atoms with Gasteiger partial charge in [0.1, 0.15) is 0 Å². The minimum Gasteiger partial charge on any atom is -0.309 e. The molecule has 294 valence electrons. The number of para-hydroxylation sites is 2. The molecule has 4 nitrogen and oxygen atoms in total. The van der Waals surface area contributed by atoms with Gasteiger partial charge in [-0.3, -0.25) is 9.97 Å². The van der Waals surface area contributed by atoms with Crippen LogP contribution in [0.4, 0.5) is 0 Å². The summed E-state index contributed by atoms with van der Waals surface area (Å²) in [6, 6.07) is 59.6. The molecule has 11 aromatic rings. The minimum atomic E-state index is 0.137. The van der Waals surface area contributed by atoms with Crippen LogP contribution in [-0.4, -0.2) is 19.1 Å². The largest absolute Gasteiger partial charge is 0.309 e. The number of fused-ring (bicyclic) bond motifs is 12. The number of hydrogen-bond donors (Lipinski definition) is 0. The Labute approximate surface area is 359 Å². The van der Waals surface area contributed by atoms with E-state index in [2.05, 4.69) is 155 Å². The molecule has 4 heteroatoms. The summed E-state index contributed by atoms with van der Waals surface area (Å²) in [7, 11) is 0. The van der Waals surface area contributed by atoms with Crippen molar-refractivity contribution in [3.8, 4) is 33.6 Å². The predicted molar refractivity (Wildman–Crippen MR) is 254 cm³/mol. The first kappa shape index (κ1) is 33.7. The highest BCUT2D eigenvalue weighted by atomic mass is 15.0. The zero-order valence-corrected chi connectivity index (χ0v) is 34.3. The number of hydrogen-bond acceptors (Lipinski definition) is 2. The summed E-state index contributed by atoms with van der Waals surface area (Å²) in [5.74, 6) is 3.33. The molecule has 4 bridgehead atoms. The first-order valence-electron chi connectivity index (χ1n) is 22.6. The van der Waals surface area contributed by atoms with Gasteiger partial charge in [-0.1, -0.05) is 84.9 Å². The van der Waals surface area contributed by atoms with E-state index < -0.39 is 0 Å². The number of rotatable bonds is 3. The summed E-state index contributed by atoms with van der Waals surface area (Å²) >= 11 is 0. The minimum absolute atomic E-state index is 0.137. The van der Waals surface area contributed by atoms with Gasteiger partial charge < -0.3 is 9.13 Å². The van der Waals surface area contributed by atoms with Gasteiger partial charge in [-0.15, -0.1) is 0 Å². The van der Waals surface area contributed by atoms with Gasteiger partial charge in [0.05, 0.1) is 38.8 Å². The van der Waals surface area contributed by atoms with E-state index in [0.29, 0.717) is 0 Å². The maximum absolute atomic E-state index is 4.84. The lowest BCUT2D eigenvalue weighted by molar-refractivity contribution is -0.0399. The van der Waals surface area contributed by atoms with E-state index in [9.17, 15) is 0 Å². The first-order valence-corrected chi connectivity index (χ1v) is 22.6. The molecule has 62 heavy (non-hydrogen) atoms. The number of nitrogens with zero attached hydrogens (tertiary/aromatic N) is 4. The van der Waals surface area contributed by atoms with Crippen molar-refractivity contribution < 1.29 is 0 Å². The normalized spacial score (nSPS) is 22.3. The predicted octanol–water partition coefficient (Wildman–Crippen LogP) is 14.4. The van der Waals surface area contributed by atoms with Crippen LogP contribution in [0.25, 0.3) is 99.0 Å². The monoisotopic (exact) mass is 794 g/mol. The maximum atomic E-state index is 4.84. The van der Waals surface area contributed by atoms with Crippen LogP contribution in [0.15, 0.2) is 170 Å². The highest BCUT2D eigenvalue weighted by Gasteiger charge is 2.61. The van der Waals surface area contributed by atoms with Crippen LogP contribution >= 0.6 is 0 Å². The van der Waals surface area contributed by atoms with E-state index >= 15 is 0 Å². The zero-order valence-electron chi connectivity index (χ0n) is 34.3. The third kappa shape index (κ3) is 4.27. The molecular weight excluding hydrogens is 753 g/mol. The maximum Gasteiger partial charge on any atom is 0.0985 e. The van der Waals surface area contributed by atoms with E-state index in [1.165, 1.54) is 104 Å². The fourth-order valence-corrected chi connectivity index (χ4v) is 14.1. The first-order chi connectivity index (χ1) is 30.7. The van der Waals surface area contributed by atoms with Crippen LogP contribution in [0.5, 0.6) is 0 Å². The van der Waals surface area contributed by atoms with Crippen LogP contribution in [0.1, 0.15) is 43.2 Å². The van der Waals surface area contributed by atoms with Crippen molar-refractivity contribution in [2.24, 2.45) is 23.7 Å². The lowest BCUT2D eigenvalue weighted by atomic mass is 9.43. The summed E-state index contributed by atoms with van der Waals surface area (Å²) < 4.78 is 4.97. The van der Waals surface area contributed by atoms with Crippen molar-refractivity contribution in [2.45, 2.75) is 37.5 Å². The van der Waals surface area contributed by atoms with Crippen molar-refractivity contribution in [1.29, 1.82) is 0 Å². The summed E-state index contributed by atoms with van der Waals surface area (Å²) in [5, 5.41) is 7.23. The van der Waals surface area contributed by atoms with Crippen LogP contribution < -0.4 is 0 Å². The lowest BCUT2D eigenvalue weighted by Gasteiger charge is -2.61. The summed E-state index contributed by atoms with van der Waals surface area (Å²) in [5.41, 5.74) is 17.9. The molecule has 4 aromatic heterocycles. The van der Waals surface area contributed by atoms with E-state index in [-0.39, 0.29) is 5.41 Å². The van der Waals surface area contributed by atoms with E-state index in [0.717, 1.165) is 51.2 Å². The second-order valence-electron chi connectivity index (χ2n) is 19.0. The number of benzene rings is 7. The summed E-state index contributed by atoms with van der Waals surface area (Å²) in [4.78, 5) is 9.58. The Morgan fingerprint density at radius 1 is 0.419 bits per heavy atom. The number of aromatic nitrogens is 4. The van der Waals surface area contributed by atoms with Gasteiger partial charge >= 0.3 is 0 Å². The molecule has 5 aliphatic carbocycles. The highest BCUT2D eigenvalue weighted by molar-refractivity contribution is 6.15. The molecular formula is C58H42N4. The molecule has 0 unspecified atom stereocenters. The Kier molecular flexibility index (Phi) is 6.55. The molecule has 0 radical (unpaired) electrons. The zero-order chi connectivity index (χ0) is 40.3. The quantitative estimate of drug-likeness (QED) is 0.167. The summed E-state index contributed by atoms with van der Waals surface area (Å²) in [6.45, 7) is 0. The molecule has 4 heterocycles. The van der Waals surface area contributed by atoms with Crippen molar-refractivity contribution in [3.63, 3.8) is 0 Å². The summed E-state index contributed by atoms with van der Waals surface area (Å²) in [6.07, 6.45) is 10.8. The average Bonchev–Trinajstić information content (AvgIpc) is 3.94. The second kappa shape index (κ2) is 12.1. The molecule has 0 amide bonds. The molecule has 0 aliphatic heterocycles. The van der Waals surface area contributed by atoms with Crippen molar-refractivity contribution in [1.82, 2.24) is 19.1 Å². The Balaban J connectivity index is 0.900. The Hall–Kier alpha value is -7.04. The molecule has 4 saturated carbocycles. The smallest absolute Gasteiger partial charge is 0.0985 e. The van der Waals surface area contributed by atoms with Crippen molar-refractivity contribution >= 4 is 65.4 Å².